The van der Waals surface area contributed by atoms with Gasteiger partial charge in [-0.25, -0.2) is 4.68 Å². The number of aromatic nitrogens is 2. The molecule has 3 heteroatoms. The maximum Gasteiger partial charge on any atom is 0.161 e. The molecule has 0 saturated heterocycles. The predicted molar refractivity (Wildman–Crippen MR) is 162 cm³/mol. The minimum absolute atomic E-state index is 0.897. The zero-order valence-electron chi connectivity index (χ0n) is 21.7. The summed E-state index contributed by atoms with van der Waals surface area (Å²) in [6.45, 7) is 0. The van der Waals surface area contributed by atoms with Crippen molar-refractivity contribution in [2.45, 2.75) is 0 Å². The molecule has 5 aromatic carbocycles. The quantitative estimate of drug-likeness (QED) is 0.231. The Balaban J connectivity index is 1.52. The van der Waals surface area contributed by atoms with Crippen molar-refractivity contribution in [2.24, 2.45) is 12.1 Å². The van der Waals surface area contributed by atoms with Gasteiger partial charge in [0.2, 0.25) is 0 Å². The van der Waals surface area contributed by atoms with Crippen LogP contribution >= 0.6 is 0 Å². The highest BCUT2D eigenvalue weighted by Gasteiger charge is 2.12. The van der Waals surface area contributed by atoms with Gasteiger partial charge in [0.15, 0.2) is 5.49 Å². The second-order valence-corrected chi connectivity index (χ2v) is 9.83. The molecule has 0 aliphatic carbocycles. The first kappa shape index (κ1) is 23.0. The lowest BCUT2D eigenvalue weighted by Gasteiger charge is -2.13. The predicted octanol–water partition coefficient (Wildman–Crippen LogP) is 8.50. The zero-order valence-corrected chi connectivity index (χ0v) is 21.7. The van der Waals surface area contributed by atoms with Crippen LogP contribution < -0.4 is 5.49 Å². The normalized spacial score (nSPS) is 11.9. The maximum atomic E-state index is 5.32. The molecule has 39 heavy (non-hydrogen) atoms. The van der Waals surface area contributed by atoms with Gasteiger partial charge >= 0.3 is 0 Å². The Morgan fingerprint density at radius 1 is 0.462 bits per heavy atom. The fourth-order valence-corrected chi connectivity index (χ4v) is 5.44. The molecule has 2 heterocycles. The third kappa shape index (κ3) is 4.14. The number of nitrogens with zero attached hydrogens (tertiary/aromatic N) is 3. The molecule has 0 aliphatic heterocycles. The van der Waals surface area contributed by atoms with E-state index in [0.29, 0.717) is 0 Å². The molecule has 0 N–H and O–H groups in total. The SMILES string of the molecule is Cn1cccc(-c2cc(-c3ccccc3)cc(-c3ccccc3)c2)/c1=N/n1c2ccccc2c2ccccc21. The second kappa shape index (κ2) is 9.62. The van der Waals surface area contributed by atoms with Gasteiger partial charge in [0.25, 0.3) is 0 Å². The summed E-state index contributed by atoms with van der Waals surface area (Å²) in [5.41, 5.74) is 10.0. The Morgan fingerprint density at radius 2 is 0.949 bits per heavy atom. The lowest BCUT2D eigenvalue weighted by molar-refractivity contribution is 0.778. The van der Waals surface area contributed by atoms with Crippen molar-refractivity contribution in [3.05, 3.63) is 151 Å². The molecule has 0 radical (unpaired) electrons. The van der Waals surface area contributed by atoms with Crippen molar-refractivity contribution in [2.75, 3.05) is 0 Å². The van der Waals surface area contributed by atoms with Gasteiger partial charge in [-0.05, 0) is 70.3 Å². The van der Waals surface area contributed by atoms with Crippen LogP contribution in [0.3, 0.4) is 0 Å². The second-order valence-electron chi connectivity index (χ2n) is 9.83. The first-order valence-corrected chi connectivity index (χ1v) is 13.2. The van der Waals surface area contributed by atoms with E-state index < -0.39 is 0 Å². The average Bonchev–Trinajstić information content (AvgIpc) is 3.32. The maximum absolute atomic E-state index is 5.32. The average molecular weight is 502 g/mol. The molecule has 0 saturated carbocycles. The molecule has 0 atom stereocenters. The van der Waals surface area contributed by atoms with Crippen molar-refractivity contribution in [1.29, 1.82) is 0 Å². The number of aryl methyl sites for hydroxylation is 1. The first-order chi connectivity index (χ1) is 19.3. The van der Waals surface area contributed by atoms with Gasteiger partial charge in [-0.2, -0.15) is 0 Å². The van der Waals surface area contributed by atoms with Crippen molar-refractivity contribution >= 4 is 21.8 Å². The fourth-order valence-electron chi connectivity index (χ4n) is 5.44. The van der Waals surface area contributed by atoms with E-state index in [9.17, 15) is 0 Å². The van der Waals surface area contributed by atoms with Crippen LogP contribution in [-0.2, 0) is 7.05 Å². The molecule has 186 valence electrons. The van der Waals surface area contributed by atoms with Gasteiger partial charge in [-0.1, -0.05) is 97.1 Å². The van der Waals surface area contributed by atoms with Gasteiger partial charge in [0.1, 0.15) is 0 Å². The number of rotatable bonds is 4. The van der Waals surface area contributed by atoms with Crippen molar-refractivity contribution in [3.63, 3.8) is 0 Å². The van der Waals surface area contributed by atoms with E-state index in [1.54, 1.807) is 0 Å². The van der Waals surface area contributed by atoms with Crippen molar-refractivity contribution in [3.8, 4) is 33.4 Å². The molecule has 7 rings (SSSR count). The minimum atomic E-state index is 0.897. The summed E-state index contributed by atoms with van der Waals surface area (Å²) < 4.78 is 4.19. The highest BCUT2D eigenvalue weighted by Crippen LogP contribution is 2.32. The summed E-state index contributed by atoms with van der Waals surface area (Å²) in [7, 11) is 2.06. The van der Waals surface area contributed by atoms with Crippen LogP contribution in [0.5, 0.6) is 0 Å². The smallest absolute Gasteiger partial charge is 0.161 e. The molecule has 2 aromatic heterocycles. The summed E-state index contributed by atoms with van der Waals surface area (Å²) in [6, 6.07) is 49.2. The molecule has 0 aliphatic rings. The van der Waals surface area contributed by atoms with Crippen LogP contribution in [0, 0.1) is 0 Å². The molecule has 0 fully saturated rings. The lowest BCUT2D eigenvalue weighted by atomic mass is 9.94. The number of benzene rings is 5. The Labute approximate surface area is 227 Å². The molecule has 0 amide bonds. The van der Waals surface area contributed by atoms with Gasteiger partial charge < -0.3 is 4.57 Å². The molecular weight excluding hydrogens is 474 g/mol. The van der Waals surface area contributed by atoms with Crippen LogP contribution in [0.2, 0.25) is 0 Å². The molecule has 3 nitrogen and oxygen atoms in total. The van der Waals surface area contributed by atoms with E-state index in [2.05, 4.69) is 162 Å². The van der Waals surface area contributed by atoms with Gasteiger partial charge in [-0.15, -0.1) is 5.10 Å². The van der Waals surface area contributed by atoms with E-state index in [1.807, 2.05) is 0 Å². The van der Waals surface area contributed by atoms with Gasteiger partial charge in [0, 0.05) is 29.6 Å². The highest BCUT2D eigenvalue weighted by molar-refractivity contribution is 6.07. The zero-order chi connectivity index (χ0) is 26.2. The van der Waals surface area contributed by atoms with Crippen LogP contribution in [0.25, 0.3) is 55.2 Å². The Morgan fingerprint density at radius 3 is 1.51 bits per heavy atom. The van der Waals surface area contributed by atoms with Crippen molar-refractivity contribution in [1.82, 2.24) is 9.24 Å². The monoisotopic (exact) mass is 501 g/mol. The topological polar surface area (TPSA) is 22.2 Å². The van der Waals surface area contributed by atoms with Crippen LogP contribution in [0.4, 0.5) is 0 Å². The Kier molecular flexibility index (Phi) is 5.68. The van der Waals surface area contributed by atoms with E-state index in [-0.39, 0.29) is 0 Å². The summed E-state index contributed by atoms with van der Waals surface area (Å²) in [4.78, 5) is 0. The third-order valence-electron chi connectivity index (χ3n) is 7.36. The number of hydrogen-bond donors (Lipinski definition) is 0. The fraction of sp³-hybridized carbons (Fsp3) is 0.0278. The van der Waals surface area contributed by atoms with E-state index in [1.165, 1.54) is 33.0 Å². The molecule has 0 bridgehead atoms. The highest BCUT2D eigenvalue weighted by atomic mass is 15.4. The van der Waals surface area contributed by atoms with Crippen molar-refractivity contribution < 1.29 is 0 Å². The van der Waals surface area contributed by atoms with Crippen LogP contribution in [-0.4, -0.2) is 9.24 Å². The molecular formula is C36H27N3. The van der Waals surface area contributed by atoms with E-state index in [4.69, 9.17) is 5.10 Å². The molecule has 0 unspecified atom stereocenters. The first-order valence-electron chi connectivity index (χ1n) is 13.2. The van der Waals surface area contributed by atoms with Crippen LogP contribution in [0.15, 0.2) is 151 Å². The Hall–Kier alpha value is -5.15. The van der Waals surface area contributed by atoms with Gasteiger partial charge in [-0.3, -0.25) is 0 Å². The molecule has 7 aromatic rings. The lowest BCUT2D eigenvalue weighted by Crippen LogP contribution is -2.21. The molecule has 0 spiro atoms. The number of para-hydroxylation sites is 2. The van der Waals surface area contributed by atoms with E-state index in [0.717, 1.165) is 27.6 Å². The summed E-state index contributed by atoms with van der Waals surface area (Å²) in [5.74, 6) is 0. The number of fused-ring (bicyclic) bond motifs is 3. The summed E-state index contributed by atoms with van der Waals surface area (Å²) in [5, 5.41) is 7.72. The standard InChI is InChI=1S/C36H27N3/c1-38-22-12-19-31(36(38)37-39-34-20-10-8-17-32(34)33-18-9-11-21-35(33)39)30-24-28(26-13-4-2-5-14-26)23-29(25-30)27-15-6-3-7-16-27/h2-25H,1H3/b37-36-. The number of pyridine rings is 1. The summed E-state index contributed by atoms with van der Waals surface area (Å²) in [6.07, 6.45) is 2.06. The largest absolute Gasteiger partial charge is 0.334 e. The third-order valence-corrected chi connectivity index (χ3v) is 7.36. The minimum Gasteiger partial charge on any atom is -0.334 e. The van der Waals surface area contributed by atoms with Gasteiger partial charge in [0.05, 0.1) is 11.0 Å². The van der Waals surface area contributed by atoms with Crippen LogP contribution in [0.1, 0.15) is 0 Å². The van der Waals surface area contributed by atoms with E-state index >= 15 is 0 Å². The summed E-state index contributed by atoms with van der Waals surface area (Å²) >= 11 is 0. The Bertz CT molecular complexity index is 1900. The number of hydrogen-bond acceptors (Lipinski definition) is 1.